The highest BCUT2D eigenvalue weighted by molar-refractivity contribution is 7.17. The Kier molecular flexibility index (Phi) is 8.68. The molecule has 0 aliphatic carbocycles. The summed E-state index contributed by atoms with van der Waals surface area (Å²) < 4.78 is 18.9. The number of fused-ring (bicyclic) bond motifs is 2. The number of carbonyl (C=O) groups is 1. The summed E-state index contributed by atoms with van der Waals surface area (Å²) in [6.07, 6.45) is 0.906. The van der Waals surface area contributed by atoms with Gasteiger partial charge in [0.25, 0.3) is 5.56 Å². The summed E-state index contributed by atoms with van der Waals surface area (Å²) in [6.45, 7) is 9.13. The number of pyridine rings is 1. The van der Waals surface area contributed by atoms with E-state index in [1.54, 1.807) is 31.3 Å². The molecule has 1 fully saturated rings. The van der Waals surface area contributed by atoms with Crippen LogP contribution in [0.4, 0.5) is 10.5 Å². The van der Waals surface area contributed by atoms with Gasteiger partial charge in [-0.05, 0) is 80.4 Å². The minimum absolute atomic E-state index is 0.221. The second-order valence-electron chi connectivity index (χ2n) is 10.0. The van der Waals surface area contributed by atoms with Crippen molar-refractivity contribution in [1.82, 2.24) is 9.47 Å². The van der Waals surface area contributed by atoms with Gasteiger partial charge in [0, 0.05) is 54.1 Å². The van der Waals surface area contributed by atoms with Crippen molar-refractivity contribution in [1.29, 1.82) is 0 Å². The fraction of sp³-hybridized carbons (Fsp3) is 0.400. The third kappa shape index (κ3) is 6.72. The second-order valence-corrected chi connectivity index (χ2v) is 11.0. The van der Waals surface area contributed by atoms with Gasteiger partial charge in [-0.2, -0.15) is 0 Å². The van der Waals surface area contributed by atoms with Crippen molar-refractivity contribution in [2.45, 2.75) is 39.5 Å². The summed E-state index contributed by atoms with van der Waals surface area (Å²) in [7, 11) is 0. The molecule has 1 saturated heterocycles. The largest absolute Gasteiger partial charge is 0.510 e. The van der Waals surface area contributed by atoms with Crippen LogP contribution in [0.15, 0.2) is 64.8 Å². The molecule has 8 nitrogen and oxygen atoms in total. The Morgan fingerprint density at radius 3 is 2.64 bits per heavy atom. The topological polar surface area (TPSA) is 73.2 Å². The lowest BCUT2D eigenvalue weighted by Crippen LogP contribution is -2.46. The molecule has 2 aromatic carbocycles. The van der Waals surface area contributed by atoms with Crippen molar-refractivity contribution >= 4 is 44.2 Å². The van der Waals surface area contributed by atoms with Gasteiger partial charge in [-0.1, -0.05) is 6.07 Å². The first-order valence-corrected chi connectivity index (χ1v) is 14.4. The Morgan fingerprint density at radius 2 is 1.82 bits per heavy atom. The average molecular weight is 550 g/mol. The molecule has 39 heavy (non-hydrogen) atoms. The Morgan fingerprint density at radius 1 is 1.00 bits per heavy atom. The van der Waals surface area contributed by atoms with E-state index in [9.17, 15) is 9.59 Å². The van der Waals surface area contributed by atoms with Gasteiger partial charge in [0.2, 0.25) is 0 Å². The number of aromatic nitrogens is 1. The normalized spacial score (nSPS) is 14.3. The fourth-order valence-corrected chi connectivity index (χ4v) is 5.74. The van der Waals surface area contributed by atoms with Crippen molar-refractivity contribution in [3.05, 3.63) is 70.3 Å². The third-order valence-corrected chi connectivity index (χ3v) is 7.81. The smallest absolute Gasteiger partial charge is 0.494 e. The Bertz CT molecular complexity index is 1470. The van der Waals surface area contributed by atoms with Gasteiger partial charge in [-0.25, -0.2) is 4.79 Å². The van der Waals surface area contributed by atoms with Gasteiger partial charge in [-0.15, -0.1) is 11.3 Å². The van der Waals surface area contributed by atoms with Gasteiger partial charge in [0.1, 0.15) is 5.75 Å². The van der Waals surface area contributed by atoms with Crippen LogP contribution in [0.2, 0.25) is 0 Å². The number of benzene rings is 2. The first-order chi connectivity index (χ1) is 19.0. The lowest BCUT2D eigenvalue weighted by atomic mass is 10.2. The molecular weight excluding hydrogens is 514 g/mol. The van der Waals surface area contributed by atoms with E-state index in [1.807, 2.05) is 18.2 Å². The van der Waals surface area contributed by atoms with E-state index >= 15 is 0 Å². The SMILES string of the molecule is CC(C)OC(=O)OCn1c(=O)ccc2ccc(OCCCCN3CCN(c4cccc5sccc45)CC3)cc21. The van der Waals surface area contributed by atoms with Crippen molar-refractivity contribution in [3.8, 4) is 5.75 Å². The zero-order valence-electron chi connectivity index (χ0n) is 22.5. The monoisotopic (exact) mass is 549 g/mol. The van der Waals surface area contributed by atoms with Crippen LogP contribution >= 0.6 is 11.3 Å². The van der Waals surface area contributed by atoms with E-state index in [0.29, 0.717) is 17.9 Å². The number of anilines is 1. The zero-order valence-corrected chi connectivity index (χ0v) is 23.3. The lowest BCUT2D eigenvalue weighted by Gasteiger charge is -2.36. The lowest BCUT2D eigenvalue weighted by molar-refractivity contribution is 0.0163. The van der Waals surface area contributed by atoms with Gasteiger partial charge in [0.05, 0.1) is 18.2 Å². The van der Waals surface area contributed by atoms with Crippen molar-refractivity contribution < 1.29 is 19.0 Å². The van der Waals surface area contributed by atoms with Gasteiger partial charge in [0.15, 0.2) is 6.73 Å². The maximum Gasteiger partial charge on any atom is 0.510 e. The summed E-state index contributed by atoms with van der Waals surface area (Å²) in [5.41, 5.74) is 1.74. The van der Waals surface area contributed by atoms with E-state index in [-0.39, 0.29) is 18.4 Å². The Labute approximate surface area is 232 Å². The average Bonchev–Trinajstić information content (AvgIpc) is 3.41. The number of rotatable bonds is 10. The molecule has 0 N–H and O–H groups in total. The van der Waals surface area contributed by atoms with Crippen LogP contribution in [-0.4, -0.2) is 61.1 Å². The van der Waals surface area contributed by atoms with Crippen molar-refractivity contribution in [2.24, 2.45) is 0 Å². The van der Waals surface area contributed by atoms with E-state index < -0.39 is 6.16 Å². The van der Waals surface area contributed by atoms with E-state index in [1.165, 1.54) is 26.4 Å². The molecule has 0 amide bonds. The Hall–Kier alpha value is -3.56. The molecule has 4 aromatic rings. The summed E-state index contributed by atoms with van der Waals surface area (Å²) >= 11 is 1.80. The molecule has 206 valence electrons. The number of hydrogen-bond donors (Lipinski definition) is 0. The molecular formula is C30H35N3O5S. The number of thiophene rings is 1. The van der Waals surface area contributed by atoms with E-state index in [0.717, 1.165) is 51.0 Å². The van der Waals surface area contributed by atoms with Gasteiger partial charge < -0.3 is 19.1 Å². The highest BCUT2D eigenvalue weighted by Crippen LogP contribution is 2.31. The standard InChI is InChI=1S/C30H35N3O5S/c1-22(2)38-30(35)37-21-33-27-20-24(10-8-23(27)9-11-29(33)34)36-18-4-3-13-31-14-16-32(17-15-31)26-6-5-7-28-25(26)12-19-39-28/h5-12,19-20,22H,3-4,13-18,21H2,1-2H3. The maximum absolute atomic E-state index is 12.5. The predicted octanol–water partition coefficient (Wildman–Crippen LogP) is 5.72. The molecule has 0 saturated carbocycles. The molecule has 2 aromatic heterocycles. The van der Waals surface area contributed by atoms with Crippen LogP contribution in [0.3, 0.4) is 0 Å². The highest BCUT2D eigenvalue weighted by Gasteiger charge is 2.18. The first kappa shape index (κ1) is 27.0. The van der Waals surface area contributed by atoms with Crippen LogP contribution in [0.25, 0.3) is 21.0 Å². The molecule has 0 atom stereocenters. The van der Waals surface area contributed by atoms with Crippen molar-refractivity contribution in [2.75, 3.05) is 44.2 Å². The number of unbranched alkanes of at least 4 members (excludes halogenated alkanes) is 1. The highest BCUT2D eigenvalue weighted by atomic mass is 32.1. The van der Waals surface area contributed by atoms with Crippen LogP contribution in [0, 0.1) is 0 Å². The molecule has 0 spiro atoms. The van der Waals surface area contributed by atoms with Crippen LogP contribution in [0.1, 0.15) is 26.7 Å². The second kappa shape index (κ2) is 12.5. The summed E-state index contributed by atoms with van der Waals surface area (Å²) in [5.74, 6) is 0.683. The third-order valence-electron chi connectivity index (χ3n) is 6.93. The summed E-state index contributed by atoms with van der Waals surface area (Å²) in [4.78, 5) is 29.3. The molecule has 9 heteroatoms. The molecule has 0 radical (unpaired) electrons. The molecule has 0 bridgehead atoms. The van der Waals surface area contributed by atoms with Crippen LogP contribution in [0.5, 0.6) is 5.75 Å². The molecule has 0 unspecified atom stereocenters. The minimum atomic E-state index is -0.803. The minimum Gasteiger partial charge on any atom is -0.494 e. The molecule has 5 rings (SSSR count). The van der Waals surface area contributed by atoms with Crippen LogP contribution in [-0.2, 0) is 16.2 Å². The van der Waals surface area contributed by atoms with E-state index in [2.05, 4.69) is 39.4 Å². The number of piperazine rings is 1. The molecule has 1 aliphatic rings. The molecule has 3 heterocycles. The number of carbonyl (C=O) groups excluding carboxylic acids is 1. The number of hydrogen-bond acceptors (Lipinski definition) is 8. The number of ether oxygens (including phenoxy) is 3. The fourth-order valence-electron chi connectivity index (χ4n) is 4.93. The van der Waals surface area contributed by atoms with Crippen molar-refractivity contribution in [3.63, 3.8) is 0 Å². The van der Waals surface area contributed by atoms with E-state index in [4.69, 9.17) is 14.2 Å². The van der Waals surface area contributed by atoms with Gasteiger partial charge >= 0.3 is 6.16 Å². The maximum atomic E-state index is 12.5. The summed E-state index contributed by atoms with van der Waals surface area (Å²) in [5, 5.41) is 4.39. The summed E-state index contributed by atoms with van der Waals surface area (Å²) in [6, 6.07) is 17.7. The van der Waals surface area contributed by atoms with Gasteiger partial charge in [-0.3, -0.25) is 14.3 Å². The Balaban J connectivity index is 1.08. The molecule has 1 aliphatic heterocycles. The number of nitrogens with zero attached hydrogens (tertiary/aromatic N) is 3. The van der Waals surface area contributed by atoms with Crippen LogP contribution < -0.4 is 15.2 Å². The quantitative estimate of drug-likeness (QED) is 0.185. The predicted molar refractivity (Wildman–Crippen MR) is 156 cm³/mol. The first-order valence-electron chi connectivity index (χ1n) is 13.5. The zero-order chi connectivity index (χ0) is 27.2.